The Morgan fingerprint density at radius 2 is 1.53 bits per heavy atom. The Hall–Kier alpha value is -3.92. The van der Waals surface area contributed by atoms with Crippen LogP contribution in [0.3, 0.4) is 0 Å². The van der Waals surface area contributed by atoms with Crippen molar-refractivity contribution in [2.45, 2.75) is 45.8 Å². The smallest absolute Gasteiger partial charge is 0.308 e. The van der Waals surface area contributed by atoms with E-state index < -0.39 is 35.6 Å². The minimum absolute atomic E-state index is 0.00372. The molecule has 1 aliphatic rings. The number of fused-ring (bicyclic) bond motifs is 1. The molecule has 10 heteroatoms. The minimum Gasteiger partial charge on any atom is -0.490 e. The lowest BCUT2D eigenvalue weighted by molar-refractivity contribution is -0.172. The van der Waals surface area contributed by atoms with E-state index >= 15 is 0 Å². The number of carbonyl (C=O) groups excluding carboxylic acids is 4. The second-order valence-corrected chi connectivity index (χ2v) is 7.82. The fraction of sp³-hybridized carbons (Fsp3) is 0.333. The molecule has 180 valence electrons. The number of hydrogen-bond acceptors (Lipinski definition) is 10. The number of rotatable bonds is 6. The van der Waals surface area contributed by atoms with E-state index in [1.807, 2.05) is 0 Å². The van der Waals surface area contributed by atoms with Crippen molar-refractivity contribution in [1.82, 2.24) is 0 Å². The van der Waals surface area contributed by atoms with E-state index in [1.54, 1.807) is 12.1 Å². The molecule has 0 bridgehead atoms. The van der Waals surface area contributed by atoms with Gasteiger partial charge in [-0.1, -0.05) is 6.07 Å². The molecule has 1 N–H and O–H groups in total. The van der Waals surface area contributed by atoms with Gasteiger partial charge in [-0.3, -0.25) is 19.2 Å². The van der Waals surface area contributed by atoms with Gasteiger partial charge >= 0.3 is 23.9 Å². The van der Waals surface area contributed by atoms with Gasteiger partial charge in [-0.2, -0.15) is 0 Å². The molecule has 2 atom stereocenters. The standard InChI is InChI=1S/C24H24O10/c1-13(25)31-18-6-7-19-21(10-18)30-12-24(29,23(19)34-16(4)28)11-17-5-8-20(32-14(2)26)22(9-17)33-15(3)27/h5-10,23,29H,11-12H2,1-4H3. The highest BCUT2D eigenvalue weighted by Gasteiger charge is 2.46. The van der Waals surface area contributed by atoms with E-state index in [0.717, 1.165) is 0 Å². The molecule has 0 fully saturated rings. The summed E-state index contributed by atoms with van der Waals surface area (Å²) < 4.78 is 26.5. The van der Waals surface area contributed by atoms with Crippen LogP contribution in [0.15, 0.2) is 36.4 Å². The third-order valence-corrected chi connectivity index (χ3v) is 4.80. The SMILES string of the molecule is CC(=O)Oc1ccc2c(c1)OCC(O)(Cc1ccc(OC(C)=O)c(OC(C)=O)c1)C2OC(C)=O. The number of hydrogen-bond donors (Lipinski definition) is 1. The molecule has 0 aliphatic carbocycles. The van der Waals surface area contributed by atoms with Gasteiger partial charge in [0.1, 0.15) is 23.7 Å². The molecule has 0 aromatic heterocycles. The van der Waals surface area contributed by atoms with Crippen LogP contribution in [-0.4, -0.2) is 41.2 Å². The highest BCUT2D eigenvalue weighted by molar-refractivity contribution is 5.74. The van der Waals surface area contributed by atoms with Crippen LogP contribution in [-0.2, 0) is 30.3 Å². The summed E-state index contributed by atoms with van der Waals surface area (Å²) in [6, 6.07) is 8.97. The van der Waals surface area contributed by atoms with Gasteiger partial charge in [0.15, 0.2) is 17.6 Å². The minimum atomic E-state index is -1.70. The molecular weight excluding hydrogens is 448 g/mol. The topological polar surface area (TPSA) is 135 Å². The van der Waals surface area contributed by atoms with E-state index in [-0.39, 0.29) is 30.3 Å². The van der Waals surface area contributed by atoms with E-state index in [9.17, 15) is 24.3 Å². The van der Waals surface area contributed by atoms with Crippen molar-refractivity contribution in [2.75, 3.05) is 6.61 Å². The molecule has 1 heterocycles. The molecule has 0 saturated carbocycles. The number of carbonyl (C=O) groups is 4. The Morgan fingerprint density at radius 1 is 0.882 bits per heavy atom. The molecular formula is C24H24O10. The molecule has 2 aromatic rings. The zero-order valence-corrected chi connectivity index (χ0v) is 19.1. The fourth-order valence-electron chi connectivity index (χ4n) is 3.63. The average molecular weight is 472 g/mol. The molecule has 0 spiro atoms. The van der Waals surface area contributed by atoms with Crippen molar-refractivity contribution < 1.29 is 48.0 Å². The van der Waals surface area contributed by atoms with Gasteiger partial charge in [0, 0.05) is 45.7 Å². The second-order valence-electron chi connectivity index (χ2n) is 7.82. The maximum absolute atomic E-state index is 11.8. The number of esters is 4. The largest absolute Gasteiger partial charge is 0.490 e. The van der Waals surface area contributed by atoms with Gasteiger partial charge in [0.05, 0.1) is 0 Å². The highest BCUT2D eigenvalue weighted by atomic mass is 16.6. The zero-order chi connectivity index (χ0) is 25.0. The van der Waals surface area contributed by atoms with Crippen LogP contribution < -0.4 is 18.9 Å². The lowest BCUT2D eigenvalue weighted by Crippen LogP contribution is -2.48. The Labute approximate surface area is 195 Å². The predicted octanol–water partition coefficient (Wildman–Crippen LogP) is 2.43. The van der Waals surface area contributed by atoms with Crippen LogP contribution in [0.5, 0.6) is 23.0 Å². The van der Waals surface area contributed by atoms with Crippen molar-refractivity contribution in [3.8, 4) is 23.0 Å². The molecule has 0 amide bonds. The zero-order valence-electron chi connectivity index (χ0n) is 19.1. The summed E-state index contributed by atoms with van der Waals surface area (Å²) in [5.41, 5.74) is -0.815. The van der Waals surface area contributed by atoms with E-state index in [2.05, 4.69) is 0 Å². The monoisotopic (exact) mass is 472 g/mol. The normalized spacial score (nSPS) is 18.7. The summed E-state index contributed by atoms with van der Waals surface area (Å²) in [5, 5.41) is 11.5. The summed E-state index contributed by atoms with van der Waals surface area (Å²) >= 11 is 0. The van der Waals surface area contributed by atoms with Crippen molar-refractivity contribution in [2.24, 2.45) is 0 Å². The van der Waals surface area contributed by atoms with Crippen LogP contribution in [0.2, 0.25) is 0 Å². The Morgan fingerprint density at radius 3 is 2.15 bits per heavy atom. The third kappa shape index (κ3) is 5.90. The lowest BCUT2D eigenvalue weighted by Gasteiger charge is -2.40. The summed E-state index contributed by atoms with van der Waals surface area (Å²) in [5.74, 6) is -1.78. The Balaban J connectivity index is 1.96. The maximum atomic E-state index is 11.8. The van der Waals surface area contributed by atoms with E-state index in [1.165, 1.54) is 52.0 Å². The molecule has 1 aliphatic heterocycles. The molecule has 2 aromatic carbocycles. The van der Waals surface area contributed by atoms with Crippen LogP contribution in [0, 0.1) is 0 Å². The quantitative estimate of drug-likeness (QED) is 0.493. The molecule has 34 heavy (non-hydrogen) atoms. The molecule has 2 unspecified atom stereocenters. The second kappa shape index (κ2) is 9.92. The van der Waals surface area contributed by atoms with Crippen LogP contribution >= 0.6 is 0 Å². The highest BCUT2D eigenvalue weighted by Crippen LogP contribution is 2.44. The summed E-state index contributed by atoms with van der Waals surface area (Å²) in [6.07, 6.45) is -1.17. The molecule has 0 radical (unpaired) electrons. The number of aliphatic hydroxyl groups is 1. The van der Waals surface area contributed by atoms with Crippen molar-refractivity contribution in [1.29, 1.82) is 0 Å². The fourth-order valence-corrected chi connectivity index (χ4v) is 3.63. The number of ether oxygens (including phenoxy) is 5. The van der Waals surface area contributed by atoms with Gasteiger partial charge in [-0.15, -0.1) is 0 Å². The third-order valence-electron chi connectivity index (χ3n) is 4.80. The summed E-state index contributed by atoms with van der Waals surface area (Å²) in [4.78, 5) is 45.9. The van der Waals surface area contributed by atoms with E-state index in [4.69, 9.17) is 23.7 Å². The van der Waals surface area contributed by atoms with Crippen molar-refractivity contribution in [3.05, 3.63) is 47.5 Å². The van der Waals surface area contributed by atoms with Gasteiger partial charge in [-0.05, 0) is 29.8 Å². The Kier molecular flexibility index (Phi) is 7.21. The van der Waals surface area contributed by atoms with E-state index in [0.29, 0.717) is 16.9 Å². The van der Waals surface area contributed by atoms with Crippen molar-refractivity contribution >= 4 is 23.9 Å². The molecule has 0 saturated heterocycles. The van der Waals surface area contributed by atoms with Crippen LogP contribution in [0.4, 0.5) is 0 Å². The molecule has 10 nitrogen and oxygen atoms in total. The van der Waals surface area contributed by atoms with Crippen LogP contribution in [0.1, 0.15) is 44.9 Å². The van der Waals surface area contributed by atoms with Gasteiger partial charge in [0.2, 0.25) is 0 Å². The predicted molar refractivity (Wildman–Crippen MR) is 115 cm³/mol. The molecule has 3 rings (SSSR count). The van der Waals surface area contributed by atoms with Gasteiger partial charge in [0.25, 0.3) is 0 Å². The summed E-state index contributed by atoms with van der Waals surface area (Å²) in [7, 11) is 0. The first-order valence-corrected chi connectivity index (χ1v) is 10.3. The average Bonchev–Trinajstić information content (AvgIpc) is 2.71. The first-order chi connectivity index (χ1) is 16.0. The first kappa shape index (κ1) is 24.7. The summed E-state index contributed by atoms with van der Waals surface area (Å²) in [6.45, 7) is 4.63. The number of benzene rings is 2. The lowest BCUT2D eigenvalue weighted by atomic mass is 9.83. The van der Waals surface area contributed by atoms with Gasteiger partial charge in [-0.25, -0.2) is 0 Å². The van der Waals surface area contributed by atoms with Crippen molar-refractivity contribution in [3.63, 3.8) is 0 Å². The van der Waals surface area contributed by atoms with Gasteiger partial charge < -0.3 is 28.8 Å². The van der Waals surface area contributed by atoms with Crippen LogP contribution in [0.25, 0.3) is 0 Å². The first-order valence-electron chi connectivity index (χ1n) is 10.3. The Bertz CT molecular complexity index is 1140. The maximum Gasteiger partial charge on any atom is 0.308 e.